The summed E-state index contributed by atoms with van der Waals surface area (Å²) in [7, 11) is 0. The molecule has 2 aliphatic heterocycles. The lowest BCUT2D eigenvalue weighted by Crippen LogP contribution is -2.54. The molecule has 92 heavy (non-hydrogen) atoms. The molecule has 7 rings (SSSR count). The van der Waals surface area contributed by atoms with Crippen molar-refractivity contribution in [2.75, 3.05) is 137 Å². The Labute approximate surface area is 534 Å². The molecule has 0 bridgehead atoms. The van der Waals surface area contributed by atoms with Crippen LogP contribution in [0.25, 0.3) is 32.7 Å². The van der Waals surface area contributed by atoms with Gasteiger partial charge < -0.3 is 83.7 Å². The molecule has 4 atom stereocenters. The number of halogens is 1. The van der Waals surface area contributed by atoms with Crippen molar-refractivity contribution in [1.29, 1.82) is 0 Å². The van der Waals surface area contributed by atoms with Crippen LogP contribution >= 0.6 is 0 Å². The van der Waals surface area contributed by atoms with E-state index in [-0.39, 0.29) is 50.9 Å². The van der Waals surface area contributed by atoms with Crippen LogP contribution in [0, 0.1) is 18.7 Å². The number of aromatic nitrogens is 2. The second kappa shape index (κ2) is 38.7. The summed E-state index contributed by atoms with van der Waals surface area (Å²) in [4.78, 5) is 88.5. The number of benzene rings is 2. The summed E-state index contributed by atoms with van der Waals surface area (Å²) in [5.41, 5.74) is 20.0. The summed E-state index contributed by atoms with van der Waals surface area (Å²) in [5.74, 6) is -3.08. The Hall–Kier alpha value is -7.21. The van der Waals surface area contributed by atoms with Gasteiger partial charge in [-0.1, -0.05) is 38.0 Å². The van der Waals surface area contributed by atoms with E-state index in [1.165, 1.54) is 6.07 Å². The van der Waals surface area contributed by atoms with E-state index in [0.717, 1.165) is 22.1 Å². The third kappa shape index (κ3) is 21.4. The number of cyclic esters (lactones) is 1. The third-order valence-corrected chi connectivity index (χ3v) is 15.8. The summed E-state index contributed by atoms with van der Waals surface area (Å²) >= 11 is 0. The highest BCUT2D eigenvalue weighted by atomic mass is 19.1. The minimum atomic E-state index is -0.950. The Morgan fingerprint density at radius 2 is 1.37 bits per heavy atom. The molecule has 2 aromatic carbocycles. The van der Waals surface area contributed by atoms with E-state index < -0.39 is 59.6 Å². The standard InChI is InChI=1S/C64H89FN10O17/c1-5-45-47-36-54-59-48(38-75(54)62(79)49(47)40-91-63(45)80)57-51(14-13-46-42(4)50(65)37-53(70-59)56(46)57)72-64(81)92-39-43-9-11-44(12-10-43)69-60(77)52(8-6-7-16-66)71-61(78)58(41(2)3)73-55(76)15-18-82-20-22-84-24-26-86-28-30-88-32-34-90-35-33-89-31-29-87-27-25-85-23-21-83-19-17-68-74-67/h9-12,36-37,41,45,51-52,58H,5-8,13-35,38-40,66H2,1-4H3,(H,69,77)(H,71,78)(H,72,81)(H,73,76)/t45?,51-,52-,58-/m0/s1. The highest BCUT2D eigenvalue weighted by Crippen LogP contribution is 2.45. The SMILES string of the molecule is CCC1C(=O)OCc2c1cc1n(c2=O)Cc2c-1nc1cc(F)c(C)c3c1c2[C@@H](NC(=O)OCc1ccc(NC(=O)[C@H](CCCCN)NC(=O)[C@@H](NC(=O)CCOCCOCCOCCOCCOCCOCCOCCOCCOCCN=[N+]=[N-])C(C)C)cc1)CC3. The Morgan fingerprint density at radius 3 is 1.93 bits per heavy atom. The number of esters is 1. The number of carbonyl (C=O) groups is 5. The molecule has 2 aromatic heterocycles. The quantitative estimate of drug-likeness (QED) is 0.00999. The third-order valence-electron chi connectivity index (χ3n) is 15.8. The molecule has 4 aromatic rings. The number of hydrogen-bond donors (Lipinski definition) is 5. The lowest BCUT2D eigenvalue weighted by Gasteiger charge is -2.29. The van der Waals surface area contributed by atoms with Crippen LogP contribution in [0.1, 0.15) is 110 Å². The van der Waals surface area contributed by atoms with Crippen LogP contribution < -0.4 is 32.6 Å². The molecule has 28 heteroatoms. The second-order valence-electron chi connectivity index (χ2n) is 22.5. The number of amides is 4. The molecule has 6 N–H and O–H groups in total. The van der Waals surface area contributed by atoms with Gasteiger partial charge in [0, 0.05) is 40.6 Å². The smallest absolute Gasteiger partial charge is 0.407 e. The van der Waals surface area contributed by atoms with Crippen molar-refractivity contribution in [3.8, 4) is 11.4 Å². The minimum absolute atomic E-state index is 0.00117. The van der Waals surface area contributed by atoms with Gasteiger partial charge in [0.05, 0.1) is 160 Å². The number of carbonyl (C=O) groups excluding carboxylic acids is 5. The van der Waals surface area contributed by atoms with Crippen LogP contribution in [0.5, 0.6) is 0 Å². The van der Waals surface area contributed by atoms with E-state index in [1.807, 2.05) is 13.0 Å². The van der Waals surface area contributed by atoms with Crippen LogP contribution in [-0.4, -0.2) is 183 Å². The van der Waals surface area contributed by atoms with Gasteiger partial charge in [-0.2, -0.15) is 0 Å². The zero-order chi connectivity index (χ0) is 65.6. The summed E-state index contributed by atoms with van der Waals surface area (Å²) in [6.07, 6.45) is 2.11. The number of ether oxygens (including phenoxy) is 11. The average Bonchev–Trinajstić information content (AvgIpc) is 1.48. The van der Waals surface area contributed by atoms with E-state index >= 15 is 4.39 Å². The van der Waals surface area contributed by atoms with Gasteiger partial charge in [-0.3, -0.25) is 24.0 Å². The average molecular weight is 1290 g/mol. The van der Waals surface area contributed by atoms with E-state index in [4.69, 9.17) is 68.4 Å². The lowest BCUT2D eigenvalue weighted by molar-refractivity contribution is -0.148. The fraction of sp³-hybridized carbons (Fsp3) is 0.609. The first-order chi connectivity index (χ1) is 44.7. The molecule has 1 aliphatic carbocycles. The van der Waals surface area contributed by atoms with Gasteiger partial charge >= 0.3 is 12.1 Å². The van der Waals surface area contributed by atoms with Crippen molar-refractivity contribution in [3.05, 3.63) is 102 Å². The molecule has 3 aliphatic rings. The van der Waals surface area contributed by atoms with Crippen molar-refractivity contribution in [1.82, 2.24) is 25.5 Å². The first-order valence-corrected chi connectivity index (χ1v) is 31.7. The Balaban J connectivity index is 0.759. The van der Waals surface area contributed by atoms with Crippen LogP contribution in [0.3, 0.4) is 0 Å². The van der Waals surface area contributed by atoms with Gasteiger partial charge in [0.1, 0.15) is 31.1 Å². The molecule has 0 saturated heterocycles. The molecule has 0 radical (unpaired) electrons. The Bertz CT molecular complexity index is 3180. The number of nitrogens with one attached hydrogen (secondary N) is 4. The van der Waals surface area contributed by atoms with E-state index in [0.29, 0.717) is 202 Å². The summed E-state index contributed by atoms with van der Waals surface area (Å²) in [6, 6.07) is 7.48. The van der Waals surface area contributed by atoms with Gasteiger partial charge in [0.25, 0.3) is 5.56 Å². The predicted octanol–water partition coefficient (Wildman–Crippen LogP) is 5.88. The molecule has 0 spiro atoms. The molecular weight excluding hydrogens is 1200 g/mol. The van der Waals surface area contributed by atoms with Crippen molar-refractivity contribution >= 4 is 46.4 Å². The molecular formula is C64H89FN10O17. The zero-order valence-corrected chi connectivity index (χ0v) is 53.2. The predicted molar refractivity (Wildman–Crippen MR) is 335 cm³/mol. The maximum Gasteiger partial charge on any atom is 0.407 e. The molecule has 4 heterocycles. The van der Waals surface area contributed by atoms with Gasteiger partial charge in [0.15, 0.2) is 0 Å². The molecule has 0 fully saturated rings. The van der Waals surface area contributed by atoms with Crippen LogP contribution in [0.2, 0.25) is 0 Å². The zero-order valence-electron chi connectivity index (χ0n) is 53.2. The van der Waals surface area contributed by atoms with E-state index in [1.54, 1.807) is 49.6 Å². The van der Waals surface area contributed by atoms with E-state index in [9.17, 15) is 28.8 Å². The number of azide groups is 1. The topological polar surface area (TPSA) is 345 Å². The van der Waals surface area contributed by atoms with Gasteiger partial charge in [-0.25, -0.2) is 14.2 Å². The van der Waals surface area contributed by atoms with Crippen LogP contribution in [-0.2, 0) is 97.5 Å². The highest BCUT2D eigenvalue weighted by molar-refractivity contribution is 5.98. The number of unbranched alkanes of at least 4 members (excludes halogenated alkanes) is 1. The number of nitrogens with two attached hydrogens (primary N) is 1. The number of fused-ring (bicyclic) bond motifs is 5. The number of alkyl carbamates (subject to hydrolysis) is 1. The number of nitrogens with zero attached hydrogens (tertiary/aromatic N) is 5. The number of hydrogen-bond acceptors (Lipinski definition) is 20. The van der Waals surface area contributed by atoms with Crippen molar-refractivity contribution < 1.29 is 80.5 Å². The molecule has 0 saturated carbocycles. The summed E-state index contributed by atoms with van der Waals surface area (Å²) in [6.45, 7) is 14.7. The Kier molecular flexibility index (Phi) is 30.4. The maximum absolute atomic E-state index is 15.5. The monoisotopic (exact) mass is 1290 g/mol. The normalized spacial score (nSPS) is 15.2. The van der Waals surface area contributed by atoms with Crippen LogP contribution in [0.4, 0.5) is 14.9 Å². The van der Waals surface area contributed by atoms with E-state index in [2.05, 4.69) is 31.3 Å². The number of anilines is 1. The van der Waals surface area contributed by atoms with Crippen molar-refractivity contribution in [2.45, 2.75) is 116 Å². The van der Waals surface area contributed by atoms with Gasteiger partial charge in [0.2, 0.25) is 17.7 Å². The molecule has 504 valence electrons. The maximum atomic E-state index is 15.5. The molecule has 4 amide bonds. The largest absolute Gasteiger partial charge is 0.460 e. The summed E-state index contributed by atoms with van der Waals surface area (Å²) < 4.78 is 77.5. The van der Waals surface area contributed by atoms with Gasteiger partial charge in [-0.05, 0) is 109 Å². The minimum Gasteiger partial charge on any atom is -0.460 e. The van der Waals surface area contributed by atoms with Gasteiger partial charge in [-0.15, -0.1) is 0 Å². The number of aryl methyl sites for hydroxylation is 1. The fourth-order valence-electron chi connectivity index (χ4n) is 10.9. The first kappa shape index (κ1) is 72.2. The second-order valence-corrected chi connectivity index (χ2v) is 22.5. The number of pyridine rings is 2. The Morgan fingerprint density at radius 1 is 0.783 bits per heavy atom. The first-order valence-electron chi connectivity index (χ1n) is 31.7. The highest BCUT2D eigenvalue weighted by Gasteiger charge is 2.38. The summed E-state index contributed by atoms with van der Waals surface area (Å²) in [5, 5.41) is 15.7. The number of rotatable bonds is 44. The fourth-order valence-corrected chi connectivity index (χ4v) is 10.9. The van der Waals surface area contributed by atoms with Crippen molar-refractivity contribution in [3.63, 3.8) is 0 Å². The molecule has 27 nitrogen and oxygen atoms in total. The van der Waals surface area contributed by atoms with Crippen LogP contribution in [0.15, 0.2) is 46.3 Å². The molecule has 1 unspecified atom stereocenters. The van der Waals surface area contributed by atoms with Crippen molar-refractivity contribution in [2.24, 2.45) is 16.8 Å². The lowest BCUT2D eigenvalue weighted by atomic mass is 9.81.